The number of carboxylic acid groups (broad SMARTS) is 2. The van der Waals surface area contributed by atoms with Crippen molar-refractivity contribution in [3.63, 3.8) is 0 Å². The highest BCUT2D eigenvalue weighted by atomic mass is 32.2. The first-order chi connectivity index (χ1) is 11.6. The van der Waals surface area contributed by atoms with Gasteiger partial charge in [-0.15, -0.1) is 23.5 Å². The van der Waals surface area contributed by atoms with Gasteiger partial charge in [-0.2, -0.15) is 0 Å². The first-order valence-electron chi connectivity index (χ1n) is 7.37. The molecule has 126 valence electrons. The molecule has 0 aliphatic heterocycles. The molecule has 2 rings (SSSR count). The number of rotatable bonds is 9. The summed E-state index contributed by atoms with van der Waals surface area (Å²) in [5.74, 6) is -2.43. The zero-order valence-corrected chi connectivity index (χ0v) is 14.5. The third kappa shape index (κ3) is 5.62. The van der Waals surface area contributed by atoms with Crippen LogP contribution in [0.4, 0.5) is 0 Å². The summed E-state index contributed by atoms with van der Waals surface area (Å²) in [6.07, 6.45) is 0. The summed E-state index contributed by atoms with van der Waals surface area (Å²) in [5.41, 5.74) is 0.980. The molecule has 2 unspecified atom stereocenters. The lowest BCUT2D eigenvalue weighted by molar-refractivity contribution is -0.146. The van der Waals surface area contributed by atoms with Crippen LogP contribution in [0.3, 0.4) is 0 Å². The van der Waals surface area contributed by atoms with Crippen LogP contribution in [0.15, 0.2) is 65.6 Å². The van der Waals surface area contributed by atoms with Gasteiger partial charge in [-0.25, -0.2) is 0 Å². The molecule has 2 N–H and O–H groups in total. The molecular formula is C18H18O4S2. The van der Waals surface area contributed by atoms with E-state index in [0.717, 1.165) is 22.2 Å². The Morgan fingerprint density at radius 1 is 0.875 bits per heavy atom. The smallest absolute Gasteiger partial charge is 0.317 e. The van der Waals surface area contributed by atoms with Gasteiger partial charge in [-0.05, 0) is 17.7 Å². The SMILES string of the molecule is O=C(O)C(CSc1ccccc1)C(SCc1ccccc1)C(=O)O. The Morgan fingerprint density at radius 3 is 2.00 bits per heavy atom. The molecule has 0 spiro atoms. The van der Waals surface area contributed by atoms with E-state index in [0.29, 0.717) is 5.75 Å². The Hall–Kier alpha value is -1.92. The van der Waals surface area contributed by atoms with E-state index in [1.165, 1.54) is 11.8 Å². The maximum atomic E-state index is 11.6. The first-order valence-corrected chi connectivity index (χ1v) is 9.40. The van der Waals surface area contributed by atoms with E-state index in [1.54, 1.807) is 0 Å². The van der Waals surface area contributed by atoms with Crippen LogP contribution in [0.1, 0.15) is 5.56 Å². The van der Waals surface area contributed by atoms with Gasteiger partial charge in [-0.3, -0.25) is 9.59 Å². The molecule has 2 aromatic rings. The lowest BCUT2D eigenvalue weighted by Gasteiger charge is -2.20. The Bertz CT molecular complexity index is 602. The van der Waals surface area contributed by atoms with Crippen molar-refractivity contribution in [2.75, 3.05) is 5.75 Å². The van der Waals surface area contributed by atoms with E-state index in [-0.39, 0.29) is 5.75 Å². The Labute approximate surface area is 149 Å². The van der Waals surface area contributed by atoms with Crippen molar-refractivity contribution in [3.8, 4) is 0 Å². The fraction of sp³-hybridized carbons (Fsp3) is 0.222. The lowest BCUT2D eigenvalue weighted by atomic mass is 10.1. The molecule has 0 aliphatic carbocycles. The van der Waals surface area contributed by atoms with Crippen molar-refractivity contribution >= 4 is 35.5 Å². The number of carboxylic acids is 2. The van der Waals surface area contributed by atoms with E-state index >= 15 is 0 Å². The molecule has 2 aromatic carbocycles. The van der Waals surface area contributed by atoms with Crippen molar-refractivity contribution in [2.45, 2.75) is 15.9 Å². The van der Waals surface area contributed by atoms with Gasteiger partial charge < -0.3 is 10.2 Å². The summed E-state index contributed by atoms with van der Waals surface area (Å²) >= 11 is 2.53. The van der Waals surface area contributed by atoms with Gasteiger partial charge in [0.15, 0.2) is 0 Å². The lowest BCUT2D eigenvalue weighted by Crippen LogP contribution is -2.34. The van der Waals surface area contributed by atoms with E-state index in [4.69, 9.17) is 0 Å². The van der Waals surface area contributed by atoms with Gasteiger partial charge in [-0.1, -0.05) is 48.5 Å². The molecule has 2 atom stereocenters. The van der Waals surface area contributed by atoms with Gasteiger partial charge in [0.1, 0.15) is 5.25 Å². The first kappa shape index (κ1) is 18.4. The largest absolute Gasteiger partial charge is 0.481 e. The van der Waals surface area contributed by atoms with E-state index < -0.39 is 23.1 Å². The third-order valence-corrected chi connectivity index (χ3v) is 5.89. The van der Waals surface area contributed by atoms with Gasteiger partial charge in [0.25, 0.3) is 0 Å². The van der Waals surface area contributed by atoms with E-state index in [9.17, 15) is 19.8 Å². The number of hydrogen-bond acceptors (Lipinski definition) is 4. The van der Waals surface area contributed by atoms with Crippen molar-refractivity contribution in [2.24, 2.45) is 5.92 Å². The fourth-order valence-electron chi connectivity index (χ4n) is 2.11. The van der Waals surface area contributed by atoms with Crippen LogP contribution in [0.5, 0.6) is 0 Å². The Balaban J connectivity index is 2.03. The topological polar surface area (TPSA) is 74.6 Å². The minimum atomic E-state index is -1.09. The highest BCUT2D eigenvalue weighted by Crippen LogP contribution is 2.29. The third-order valence-electron chi connectivity index (χ3n) is 3.37. The molecule has 0 radical (unpaired) electrons. The second kappa shape index (κ2) is 9.39. The number of aliphatic carboxylic acids is 2. The molecule has 0 saturated carbocycles. The maximum Gasteiger partial charge on any atom is 0.317 e. The summed E-state index contributed by atoms with van der Waals surface area (Å²) in [6, 6.07) is 18.9. The number of carbonyl (C=O) groups is 2. The van der Waals surface area contributed by atoms with Crippen molar-refractivity contribution in [1.82, 2.24) is 0 Å². The Morgan fingerprint density at radius 2 is 1.46 bits per heavy atom. The molecule has 0 aromatic heterocycles. The molecule has 0 saturated heterocycles. The second-order valence-electron chi connectivity index (χ2n) is 5.12. The van der Waals surface area contributed by atoms with Crippen molar-refractivity contribution in [1.29, 1.82) is 0 Å². The molecule has 0 fully saturated rings. The van der Waals surface area contributed by atoms with Crippen LogP contribution in [0, 0.1) is 5.92 Å². The summed E-state index contributed by atoms with van der Waals surface area (Å²) < 4.78 is 0. The average molecular weight is 362 g/mol. The van der Waals surface area contributed by atoms with Gasteiger partial charge in [0, 0.05) is 16.4 Å². The van der Waals surface area contributed by atoms with Crippen LogP contribution < -0.4 is 0 Å². The Kier molecular flexibility index (Phi) is 7.21. The van der Waals surface area contributed by atoms with E-state index in [2.05, 4.69) is 0 Å². The monoisotopic (exact) mass is 362 g/mol. The molecule has 0 bridgehead atoms. The molecule has 0 amide bonds. The summed E-state index contributed by atoms with van der Waals surface area (Å²) in [6.45, 7) is 0. The predicted molar refractivity (Wildman–Crippen MR) is 97.5 cm³/mol. The quantitative estimate of drug-likeness (QED) is 0.660. The molecule has 6 heteroatoms. The van der Waals surface area contributed by atoms with Gasteiger partial charge in [0.05, 0.1) is 5.92 Å². The van der Waals surface area contributed by atoms with Gasteiger partial charge >= 0.3 is 11.9 Å². The molecular weight excluding hydrogens is 344 g/mol. The standard InChI is InChI=1S/C18H18O4S2/c19-17(20)15(12-23-14-9-5-2-6-10-14)16(18(21)22)24-11-13-7-3-1-4-8-13/h1-10,15-16H,11-12H2,(H,19,20)(H,21,22). The molecule has 24 heavy (non-hydrogen) atoms. The fourth-order valence-corrected chi connectivity index (χ4v) is 4.44. The van der Waals surface area contributed by atoms with Crippen LogP contribution in [-0.4, -0.2) is 33.2 Å². The zero-order chi connectivity index (χ0) is 17.4. The summed E-state index contributed by atoms with van der Waals surface area (Å²) in [5, 5.41) is 18.0. The van der Waals surface area contributed by atoms with Crippen LogP contribution in [-0.2, 0) is 15.3 Å². The maximum absolute atomic E-state index is 11.6. The van der Waals surface area contributed by atoms with Gasteiger partial charge in [0.2, 0.25) is 0 Å². The minimum Gasteiger partial charge on any atom is -0.481 e. The summed E-state index contributed by atoms with van der Waals surface area (Å²) in [4.78, 5) is 24.1. The minimum absolute atomic E-state index is 0.220. The molecule has 0 aliphatic rings. The predicted octanol–water partition coefficient (Wildman–Crippen LogP) is 3.87. The van der Waals surface area contributed by atoms with Crippen molar-refractivity contribution < 1.29 is 19.8 Å². The summed E-state index contributed by atoms with van der Waals surface area (Å²) in [7, 11) is 0. The second-order valence-corrected chi connectivity index (χ2v) is 7.35. The van der Waals surface area contributed by atoms with Crippen LogP contribution >= 0.6 is 23.5 Å². The highest BCUT2D eigenvalue weighted by molar-refractivity contribution is 8.00. The zero-order valence-electron chi connectivity index (χ0n) is 12.9. The number of hydrogen-bond donors (Lipinski definition) is 2. The van der Waals surface area contributed by atoms with Crippen LogP contribution in [0.25, 0.3) is 0 Å². The normalized spacial score (nSPS) is 13.2. The van der Waals surface area contributed by atoms with Crippen molar-refractivity contribution in [3.05, 3.63) is 66.2 Å². The number of thioether (sulfide) groups is 2. The molecule has 0 heterocycles. The van der Waals surface area contributed by atoms with E-state index in [1.807, 2.05) is 60.7 Å². The number of benzene rings is 2. The average Bonchev–Trinajstić information content (AvgIpc) is 2.59. The molecule has 4 nitrogen and oxygen atoms in total. The van der Waals surface area contributed by atoms with Crippen LogP contribution in [0.2, 0.25) is 0 Å². The highest BCUT2D eigenvalue weighted by Gasteiger charge is 2.34.